The molecular formula is C36H41N3O4S. The van der Waals surface area contributed by atoms with Gasteiger partial charge in [0.1, 0.15) is 12.6 Å². The van der Waals surface area contributed by atoms with Crippen molar-refractivity contribution in [3.8, 4) is 0 Å². The van der Waals surface area contributed by atoms with Gasteiger partial charge in [0.2, 0.25) is 11.8 Å². The second kappa shape index (κ2) is 14.8. The summed E-state index contributed by atoms with van der Waals surface area (Å²) in [5.74, 6) is -0.546. The van der Waals surface area contributed by atoms with Gasteiger partial charge in [-0.05, 0) is 54.7 Å². The first-order valence-corrected chi connectivity index (χ1v) is 16.3. The summed E-state index contributed by atoms with van der Waals surface area (Å²) in [5, 5.41) is 3.01. The first-order chi connectivity index (χ1) is 21.1. The minimum Gasteiger partial charge on any atom is -0.354 e. The van der Waals surface area contributed by atoms with E-state index in [-0.39, 0.29) is 29.7 Å². The lowest BCUT2D eigenvalue weighted by molar-refractivity contribution is -0.140. The zero-order valence-corrected chi connectivity index (χ0v) is 26.6. The van der Waals surface area contributed by atoms with Gasteiger partial charge < -0.3 is 10.2 Å². The Morgan fingerprint density at radius 2 is 1.32 bits per heavy atom. The number of nitrogens with one attached hydrogen (secondary N) is 1. The predicted octanol–water partition coefficient (Wildman–Crippen LogP) is 5.91. The molecule has 0 aromatic heterocycles. The second-order valence-corrected chi connectivity index (χ2v) is 13.3. The monoisotopic (exact) mass is 611 g/mol. The van der Waals surface area contributed by atoms with Gasteiger partial charge in [-0.25, -0.2) is 8.42 Å². The fourth-order valence-electron chi connectivity index (χ4n) is 4.95. The van der Waals surface area contributed by atoms with Crippen LogP contribution in [0.3, 0.4) is 0 Å². The topological polar surface area (TPSA) is 86.8 Å². The Morgan fingerprint density at radius 3 is 1.91 bits per heavy atom. The average molecular weight is 612 g/mol. The smallest absolute Gasteiger partial charge is 0.264 e. The van der Waals surface area contributed by atoms with E-state index in [1.165, 1.54) is 9.21 Å². The molecule has 7 nitrogen and oxygen atoms in total. The molecule has 44 heavy (non-hydrogen) atoms. The molecule has 4 aromatic rings. The maximum Gasteiger partial charge on any atom is 0.264 e. The summed E-state index contributed by atoms with van der Waals surface area (Å²) in [5.41, 5.74) is 3.77. The summed E-state index contributed by atoms with van der Waals surface area (Å²) in [6.45, 7) is 7.84. The highest BCUT2D eigenvalue weighted by Gasteiger charge is 2.35. The van der Waals surface area contributed by atoms with Crippen LogP contribution in [0.15, 0.2) is 114 Å². The molecule has 1 atom stereocenters. The van der Waals surface area contributed by atoms with Crippen LogP contribution < -0.4 is 9.62 Å². The van der Waals surface area contributed by atoms with Crippen LogP contribution in [0.5, 0.6) is 0 Å². The number of sulfonamides is 1. The van der Waals surface area contributed by atoms with E-state index in [0.29, 0.717) is 17.8 Å². The fraction of sp³-hybridized carbons (Fsp3) is 0.278. The molecule has 4 aromatic carbocycles. The van der Waals surface area contributed by atoms with E-state index in [0.717, 1.165) is 16.7 Å². The second-order valence-electron chi connectivity index (χ2n) is 11.5. The Hall–Kier alpha value is -4.43. The molecule has 8 heteroatoms. The molecular weight excluding hydrogens is 570 g/mol. The minimum absolute atomic E-state index is 0.0873. The molecule has 4 rings (SSSR count). The zero-order chi connectivity index (χ0) is 31.7. The van der Waals surface area contributed by atoms with Gasteiger partial charge in [0.25, 0.3) is 10.0 Å². The number of nitrogens with zero attached hydrogens (tertiary/aromatic N) is 2. The van der Waals surface area contributed by atoms with E-state index >= 15 is 0 Å². The van der Waals surface area contributed by atoms with Crippen LogP contribution in [0.2, 0.25) is 0 Å². The van der Waals surface area contributed by atoms with Crippen molar-refractivity contribution < 1.29 is 18.0 Å². The van der Waals surface area contributed by atoms with Crippen LogP contribution in [0.1, 0.15) is 36.1 Å². The van der Waals surface area contributed by atoms with Crippen LogP contribution in [0, 0.1) is 19.8 Å². The van der Waals surface area contributed by atoms with Gasteiger partial charge >= 0.3 is 0 Å². The molecule has 0 heterocycles. The number of carbonyl (C=O) groups excluding carboxylic acids is 2. The number of amides is 2. The number of carbonyl (C=O) groups is 2. The first-order valence-electron chi connectivity index (χ1n) is 14.9. The summed E-state index contributed by atoms with van der Waals surface area (Å²) >= 11 is 0. The third-order valence-electron chi connectivity index (χ3n) is 7.42. The molecule has 2 amide bonds. The summed E-state index contributed by atoms with van der Waals surface area (Å²) in [6, 6.07) is 31.8. The van der Waals surface area contributed by atoms with Crippen LogP contribution >= 0.6 is 0 Å². The summed E-state index contributed by atoms with van der Waals surface area (Å²) < 4.78 is 29.5. The molecule has 0 unspecified atom stereocenters. The van der Waals surface area contributed by atoms with Crippen molar-refractivity contribution in [2.24, 2.45) is 5.92 Å². The van der Waals surface area contributed by atoms with Crippen molar-refractivity contribution in [3.63, 3.8) is 0 Å². The maximum atomic E-state index is 14.5. The third kappa shape index (κ3) is 8.35. The molecule has 0 spiro atoms. The van der Waals surface area contributed by atoms with Crippen molar-refractivity contribution >= 4 is 27.5 Å². The Balaban J connectivity index is 1.79. The van der Waals surface area contributed by atoms with Gasteiger partial charge in [-0.3, -0.25) is 13.9 Å². The molecule has 1 N–H and O–H groups in total. The van der Waals surface area contributed by atoms with Crippen molar-refractivity contribution in [2.45, 2.75) is 51.6 Å². The van der Waals surface area contributed by atoms with Gasteiger partial charge in [0, 0.05) is 19.5 Å². The molecule has 0 saturated heterocycles. The van der Waals surface area contributed by atoms with Gasteiger partial charge in [0.15, 0.2) is 0 Å². The number of anilines is 1. The lowest BCUT2D eigenvalue weighted by atomic mass is 10.0. The Kier molecular flexibility index (Phi) is 11.0. The molecule has 0 saturated carbocycles. The SMILES string of the molecule is Cc1ccc(S(=O)(=O)N(CC(=O)N(Cc2ccccc2)[C@H](Cc2ccccc2)C(=O)NCC(C)C)c2ccccc2C)cc1. The van der Waals surface area contributed by atoms with E-state index in [1.54, 1.807) is 36.4 Å². The average Bonchev–Trinajstić information content (AvgIpc) is 3.02. The molecule has 230 valence electrons. The molecule has 0 fully saturated rings. The summed E-state index contributed by atoms with van der Waals surface area (Å²) in [6.07, 6.45) is 0.276. The maximum absolute atomic E-state index is 14.5. The van der Waals surface area contributed by atoms with Crippen molar-refractivity contribution in [3.05, 3.63) is 131 Å². The van der Waals surface area contributed by atoms with E-state index in [2.05, 4.69) is 5.32 Å². The van der Waals surface area contributed by atoms with Gasteiger partial charge in [-0.2, -0.15) is 0 Å². The highest BCUT2D eigenvalue weighted by molar-refractivity contribution is 7.92. The lowest BCUT2D eigenvalue weighted by Crippen LogP contribution is -2.53. The third-order valence-corrected chi connectivity index (χ3v) is 9.20. The lowest BCUT2D eigenvalue weighted by Gasteiger charge is -2.34. The Morgan fingerprint density at radius 1 is 0.750 bits per heavy atom. The highest BCUT2D eigenvalue weighted by Crippen LogP contribution is 2.28. The molecule has 0 aliphatic carbocycles. The van der Waals surface area contributed by atoms with Gasteiger partial charge in [-0.15, -0.1) is 0 Å². The van der Waals surface area contributed by atoms with Crippen molar-refractivity contribution in [1.29, 1.82) is 0 Å². The number of rotatable bonds is 13. The van der Waals surface area contributed by atoms with E-state index in [9.17, 15) is 18.0 Å². The molecule has 0 aliphatic rings. The number of aryl methyl sites for hydroxylation is 2. The van der Waals surface area contributed by atoms with Gasteiger partial charge in [0.05, 0.1) is 10.6 Å². The van der Waals surface area contributed by atoms with Crippen molar-refractivity contribution in [1.82, 2.24) is 10.2 Å². The molecule has 0 aliphatic heterocycles. The number of hydrogen-bond acceptors (Lipinski definition) is 4. The number of hydrogen-bond donors (Lipinski definition) is 1. The fourth-order valence-corrected chi connectivity index (χ4v) is 6.43. The largest absolute Gasteiger partial charge is 0.354 e. The summed E-state index contributed by atoms with van der Waals surface area (Å²) in [4.78, 5) is 29.9. The van der Waals surface area contributed by atoms with Gasteiger partial charge in [-0.1, -0.05) is 110 Å². The van der Waals surface area contributed by atoms with Crippen LogP contribution in [-0.4, -0.2) is 44.3 Å². The van der Waals surface area contributed by atoms with E-state index in [4.69, 9.17) is 0 Å². The number of benzene rings is 4. The highest BCUT2D eigenvalue weighted by atomic mass is 32.2. The zero-order valence-electron chi connectivity index (χ0n) is 25.8. The quantitative estimate of drug-likeness (QED) is 0.204. The Labute approximate surface area is 261 Å². The van der Waals surface area contributed by atoms with E-state index < -0.39 is 28.5 Å². The van der Waals surface area contributed by atoms with Crippen LogP contribution in [0.25, 0.3) is 0 Å². The molecule has 0 radical (unpaired) electrons. The normalized spacial score (nSPS) is 12.0. The number of para-hydroxylation sites is 1. The summed E-state index contributed by atoms with van der Waals surface area (Å²) in [7, 11) is -4.14. The van der Waals surface area contributed by atoms with Crippen LogP contribution in [-0.2, 0) is 32.6 Å². The van der Waals surface area contributed by atoms with E-state index in [1.807, 2.05) is 100 Å². The van der Waals surface area contributed by atoms with Crippen LogP contribution in [0.4, 0.5) is 5.69 Å². The standard InChI is InChI=1S/C36H41N3O4S/c1-27(2)24-37-36(41)34(23-30-14-7-5-8-15-30)38(25-31-16-9-6-10-17-31)35(40)26-39(33-18-12-11-13-29(33)4)44(42,43)32-21-19-28(3)20-22-32/h5-22,27,34H,23-26H2,1-4H3,(H,37,41)/t34-/m1/s1. The Bertz CT molecular complexity index is 1640. The molecule has 0 bridgehead atoms. The first kappa shape index (κ1) is 32.5. The van der Waals surface area contributed by atoms with Crippen molar-refractivity contribution in [2.75, 3.05) is 17.4 Å². The predicted molar refractivity (Wildman–Crippen MR) is 176 cm³/mol. The minimum atomic E-state index is -4.14.